The molecule has 1 aromatic rings. The van der Waals surface area contributed by atoms with Crippen LogP contribution in [0.3, 0.4) is 0 Å². The third-order valence-corrected chi connectivity index (χ3v) is 2.11. The molecule has 78 valence electrons. The van der Waals surface area contributed by atoms with Gasteiger partial charge in [0.25, 0.3) is 6.43 Å². The molecule has 0 aromatic heterocycles. The van der Waals surface area contributed by atoms with Crippen molar-refractivity contribution >= 4 is 0 Å². The zero-order chi connectivity index (χ0) is 10.7. The molecule has 1 unspecified atom stereocenters. The lowest BCUT2D eigenvalue weighted by Crippen LogP contribution is -2.19. The summed E-state index contributed by atoms with van der Waals surface area (Å²) >= 11 is 0. The maximum absolute atomic E-state index is 12.3. The van der Waals surface area contributed by atoms with Gasteiger partial charge in [-0.1, -0.05) is 6.07 Å². The fourth-order valence-electron chi connectivity index (χ4n) is 1.28. The van der Waals surface area contributed by atoms with Crippen LogP contribution < -0.4 is 10.5 Å². The summed E-state index contributed by atoms with van der Waals surface area (Å²) in [7, 11) is 1.53. The van der Waals surface area contributed by atoms with Gasteiger partial charge in [-0.25, -0.2) is 8.78 Å². The number of hydrogen-bond acceptors (Lipinski definition) is 2. The third-order valence-electron chi connectivity index (χ3n) is 2.11. The van der Waals surface area contributed by atoms with Crippen molar-refractivity contribution in [1.29, 1.82) is 0 Å². The summed E-state index contributed by atoms with van der Waals surface area (Å²) < 4.78 is 29.6. The summed E-state index contributed by atoms with van der Waals surface area (Å²) in [6.45, 7) is 1.74. The molecule has 1 aromatic carbocycles. The number of rotatable bonds is 3. The predicted octanol–water partition coefficient (Wildman–Crippen LogP) is 2.27. The van der Waals surface area contributed by atoms with E-state index >= 15 is 0 Å². The number of ether oxygens (including phenoxy) is 1. The predicted molar refractivity (Wildman–Crippen MR) is 50.7 cm³/mol. The van der Waals surface area contributed by atoms with E-state index in [2.05, 4.69) is 0 Å². The number of halogens is 2. The van der Waals surface area contributed by atoms with Crippen LogP contribution in [0.5, 0.6) is 5.75 Å². The molecule has 0 radical (unpaired) electrons. The van der Waals surface area contributed by atoms with Crippen molar-refractivity contribution in [2.24, 2.45) is 5.73 Å². The summed E-state index contributed by atoms with van der Waals surface area (Å²) in [5.41, 5.74) is 6.52. The first kappa shape index (κ1) is 10.9. The second-order valence-electron chi connectivity index (χ2n) is 3.08. The molecular weight excluding hydrogens is 188 g/mol. The molecule has 0 spiro atoms. The molecule has 0 saturated carbocycles. The van der Waals surface area contributed by atoms with E-state index in [1.54, 1.807) is 25.1 Å². The number of methoxy groups -OCH3 is 1. The van der Waals surface area contributed by atoms with Gasteiger partial charge in [0.05, 0.1) is 13.2 Å². The summed E-state index contributed by atoms with van der Waals surface area (Å²) in [6, 6.07) is 3.67. The fourth-order valence-corrected chi connectivity index (χ4v) is 1.28. The second kappa shape index (κ2) is 4.37. The van der Waals surface area contributed by atoms with Gasteiger partial charge in [0.15, 0.2) is 0 Å². The van der Waals surface area contributed by atoms with Crippen LogP contribution in [0.1, 0.15) is 17.2 Å². The van der Waals surface area contributed by atoms with E-state index in [0.717, 1.165) is 5.56 Å². The van der Waals surface area contributed by atoms with Gasteiger partial charge in [0.2, 0.25) is 0 Å². The molecule has 1 atom stereocenters. The van der Waals surface area contributed by atoms with Gasteiger partial charge in [-0.05, 0) is 30.2 Å². The van der Waals surface area contributed by atoms with Crippen molar-refractivity contribution in [2.75, 3.05) is 7.11 Å². The number of nitrogens with two attached hydrogens (primary N) is 1. The zero-order valence-corrected chi connectivity index (χ0v) is 8.13. The lowest BCUT2D eigenvalue weighted by molar-refractivity contribution is 0.116. The Morgan fingerprint density at radius 2 is 2.00 bits per heavy atom. The highest BCUT2D eigenvalue weighted by Crippen LogP contribution is 2.24. The molecule has 2 N–H and O–H groups in total. The Kier molecular flexibility index (Phi) is 3.41. The molecular formula is C10H13F2NO. The molecule has 0 fully saturated rings. The van der Waals surface area contributed by atoms with E-state index < -0.39 is 12.5 Å². The van der Waals surface area contributed by atoms with Crippen LogP contribution in [-0.2, 0) is 0 Å². The van der Waals surface area contributed by atoms with Crippen molar-refractivity contribution < 1.29 is 13.5 Å². The van der Waals surface area contributed by atoms with E-state index in [1.807, 2.05) is 0 Å². The summed E-state index contributed by atoms with van der Waals surface area (Å²) in [6.07, 6.45) is -2.54. The van der Waals surface area contributed by atoms with E-state index in [9.17, 15) is 8.78 Å². The molecule has 0 aliphatic heterocycles. The van der Waals surface area contributed by atoms with E-state index in [1.165, 1.54) is 7.11 Å². The minimum Gasteiger partial charge on any atom is -0.497 e. The van der Waals surface area contributed by atoms with Crippen LogP contribution in [-0.4, -0.2) is 13.5 Å². The summed E-state index contributed by atoms with van der Waals surface area (Å²) in [4.78, 5) is 0. The molecule has 4 heteroatoms. The van der Waals surface area contributed by atoms with Crippen molar-refractivity contribution in [1.82, 2.24) is 0 Å². The van der Waals surface area contributed by atoms with Gasteiger partial charge in [-0.15, -0.1) is 0 Å². The Morgan fingerprint density at radius 3 is 2.43 bits per heavy atom. The molecule has 0 aliphatic rings. The topological polar surface area (TPSA) is 35.2 Å². The fraction of sp³-hybridized carbons (Fsp3) is 0.400. The van der Waals surface area contributed by atoms with Crippen LogP contribution in [0, 0.1) is 6.92 Å². The number of aryl methyl sites for hydroxylation is 1. The standard InChI is InChI=1S/C10H13F2NO/c1-6-5-7(14-2)3-4-8(6)9(13)10(11)12/h3-5,9-10H,13H2,1-2H3. The Labute approximate surface area is 81.7 Å². The average Bonchev–Trinajstić information content (AvgIpc) is 2.16. The molecule has 0 bridgehead atoms. The Balaban J connectivity index is 2.99. The Bertz CT molecular complexity index is 315. The monoisotopic (exact) mass is 201 g/mol. The zero-order valence-electron chi connectivity index (χ0n) is 8.13. The van der Waals surface area contributed by atoms with Gasteiger partial charge in [0, 0.05) is 0 Å². The van der Waals surface area contributed by atoms with Gasteiger partial charge in [-0.3, -0.25) is 0 Å². The largest absolute Gasteiger partial charge is 0.497 e. The molecule has 0 heterocycles. The van der Waals surface area contributed by atoms with E-state index in [0.29, 0.717) is 11.3 Å². The first-order valence-electron chi connectivity index (χ1n) is 4.24. The van der Waals surface area contributed by atoms with E-state index in [-0.39, 0.29) is 0 Å². The molecule has 1 rings (SSSR count). The first-order valence-corrected chi connectivity index (χ1v) is 4.24. The number of benzene rings is 1. The smallest absolute Gasteiger partial charge is 0.257 e. The normalized spacial score (nSPS) is 13.0. The molecule has 0 aliphatic carbocycles. The van der Waals surface area contributed by atoms with Crippen molar-refractivity contribution in [3.8, 4) is 5.75 Å². The van der Waals surface area contributed by atoms with Crippen molar-refractivity contribution in [3.05, 3.63) is 29.3 Å². The van der Waals surface area contributed by atoms with Crippen molar-refractivity contribution in [3.63, 3.8) is 0 Å². The summed E-state index contributed by atoms with van der Waals surface area (Å²) in [5, 5.41) is 0. The van der Waals surface area contributed by atoms with Gasteiger partial charge in [-0.2, -0.15) is 0 Å². The first-order chi connectivity index (χ1) is 6.56. The molecule has 0 amide bonds. The second-order valence-corrected chi connectivity index (χ2v) is 3.08. The minimum absolute atomic E-state index is 0.459. The van der Waals surface area contributed by atoms with Crippen LogP contribution in [0.25, 0.3) is 0 Å². The minimum atomic E-state index is -2.54. The highest BCUT2D eigenvalue weighted by Gasteiger charge is 2.19. The van der Waals surface area contributed by atoms with Gasteiger partial charge in [0.1, 0.15) is 5.75 Å². The summed E-state index contributed by atoms with van der Waals surface area (Å²) in [5.74, 6) is 0.646. The molecule has 0 saturated heterocycles. The lowest BCUT2D eigenvalue weighted by Gasteiger charge is -2.14. The van der Waals surface area contributed by atoms with Crippen LogP contribution >= 0.6 is 0 Å². The van der Waals surface area contributed by atoms with Crippen LogP contribution in [0.15, 0.2) is 18.2 Å². The number of hydrogen-bond donors (Lipinski definition) is 1. The SMILES string of the molecule is COc1ccc(C(N)C(F)F)c(C)c1. The average molecular weight is 201 g/mol. The highest BCUT2D eigenvalue weighted by molar-refractivity contribution is 5.36. The maximum atomic E-state index is 12.3. The van der Waals surface area contributed by atoms with Crippen LogP contribution in [0.4, 0.5) is 8.78 Å². The Morgan fingerprint density at radius 1 is 1.36 bits per heavy atom. The van der Waals surface area contributed by atoms with Crippen molar-refractivity contribution in [2.45, 2.75) is 19.4 Å². The van der Waals surface area contributed by atoms with Crippen LogP contribution in [0.2, 0.25) is 0 Å². The maximum Gasteiger partial charge on any atom is 0.257 e. The Hall–Kier alpha value is -1.16. The third kappa shape index (κ3) is 2.20. The van der Waals surface area contributed by atoms with E-state index in [4.69, 9.17) is 10.5 Å². The quantitative estimate of drug-likeness (QED) is 0.814. The van der Waals surface area contributed by atoms with Gasteiger partial charge < -0.3 is 10.5 Å². The lowest BCUT2D eigenvalue weighted by atomic mass is 10.0. The number of alkyl halides is 2. The molecule has 14 heavy (non-hydrogen) atoms. The molecule has 2 nitrogen and oxygen atoms in total. The highest BCUT2D eigenvalue weighted by atomic mass is 19.3. The van der Waals surface area contributed by atoms with Gasteiger partial charge >= 0.3 is 0 Å².